The van der Waals surface area contributed by atoms with Gasteiger partial charge in [0.05, 0.1) is 10.6 Å². The molecule has 1 aromatic carbocycles. The molecule has 0 saturated carbocycles. The normalized spacial score (nSPS) is 14.8. The van der Waals surface area contributed by atoms with Gasteiger partial charge in [0.2, 0.25) is 10.0 Å². The highest BCUT2D eigenvalue weighted by molar-refractivity contribution is 7.89. The predicted molar refractivity (Wildman–Crippen MR) is 107 cm³/mol. The van der Waals surface area contributed by atoms with E-state index >= 15 is 0 Å². The first-order valence-electron chi connectivity index (χ1n) is 9.48. The summed E-state index contributed by atoms with van der Waals surface area (Å²) >= 11 is 0. The molecule has 10 heteroatoms. The van der Waals surface area contributed by atoms with Crippen LogP contribution in [0.5, 0.6) is 0 Å². The van der Waals surface area contributed by atoms with E-state index in [1.165, 1.54) is 39.3 Å². The number of carbonyl (C=O) groups excluding carboxylic acids is 2. The highest BCUT2D eigenvalue weighted by Gasteiger charge is 2.27. The van der Waals surface area contributed by atoms with Crippen molar-refractivity contribution in [2.45, 2.75) is 24.7 Å². The van der Waals surface area contributed by atoms with E-state index in [1.807, 2.05) is 0 Å². The molecule has 156 valence electrons. The van der Waals surface area contributed by atoms with Crippen molar-refractivity contribution in [3.05, 3.63) is 59.5 Å². The largest absolute Gasteiger partial charge is 0.454 e. The summed E-state index contributed by atoms with van der Waals surface area (Å²) < 4.78 is 33.2. The fraction of sp³-hybridized carbons (Fsp3) is 0.300. The zero-order chi connectivity index (χ0) is 21.3. The Morgan fingerprint density at radius 1 is 1.13 bits per heavy atom. The number of Topliss-reactive ketones (excluding diaryl/α,β-unsaturated/α-hetero) is 1. The van der Waals surface area contributed by atoms with Gasteiger partial charge < -0.3 is 4.74 Å². The van der Waals surface area contributed by atoms with Crippen molar-refractivity contribution >= 4 is 27.4 Å². The number of aromatic nitrogens is 3. The first-order chi connectivity index (χ1) is 14.4. The number of aryl methyl sites for hydroxylation is 1. The summed E-state index contributed by atoms with van der Waals surface area (Å²) in [6.07, 6.45) is 4.90. The highest BCUT2D eigenvalue weighted by Crippen LogP contribution is 2.21. The van der Waals surface area contributed by atoms with Gasteiger partial charge in [0.1, 0.15) is 5.56 Å². The zero-order valence-electron chi connectivity index (χ0n) is 16.3. The van der Waals surface area contributed by atoms with Crippen LogP contribution in [-0.2, 0) is 14.8 Å². The van der Waals surface area contributed by atoms with E-state index in [1.54, 1.807) is 19.2 Å². The van der Waals surface area contributed by atoms with Crippen LogP contribution in [0, 0.1) is 6.92 Å². The Balaban J connectivity index is 1.44. The lowest BCUT2D eigenvalue weighted by Gasteiger charge is -2.15. The summed E-state index contributed by atoms with van der Waals surface area (Å²) in [5.41, 5.74) is 1.26. The molecule has 1 aliphatic rings. The van der Waals surface area contributed by atoms with Crippen molar-refractivity contribution in [1.29, 1.82) is 0 Å². The van der Waals surface area contributed by atoms with E-state index in [0.717, 1.165) is 12.8 Å². The number of sulfonamides is 1. The first-order valence-corrected chi connectivity index (χ1v) is 10.9. The summed E-state index contributed by atoms with van der Waals surface area (Å²) in [5.74, 6) is -1.13. The van der Waals surface area contributed by atoms with Gasteiger partial charge in [-0.25, -0.2) is 22.7 Å². The van der Waals surface area contributed by atoms with Crippen LogP contribution >= 0.6 is 0 Å². The van der Waals surface area contributed by atoms with Crippen molar-refractivity contribution in [2.75, 3.05) is 19.7 Å². The number of ketones is 1. The molecule has 0 unspecified atom stereocenters. The maximum Gasteiger partial charge on any atom is 0.344 e. The van der Waals surface area contributed by atoms with Crippen molar-refractivity contribution in [3.63, 3.8) is 0 Å². The molecule has 3 heterocycles. The van der Waals surface area contributed by atoms with Crippen LogP contribution in [0.2, 0.25) is 0 Å². The molecular weight excluding hydrogens is 408 g/mol. The van der Waals surface area contributed by atoms with Crippen LogP contribution in [0.3, 0.4) is 0 Å². The average Bonchev–Trinajstić information content (AvgIpc) is 3.39. The van der Waals surface area contributed by atoms with Gasteiger partial charge in [0, 0.05) is 31.0 Å². The van der Waals surface area contributed by atoms with E-state index in [0.29, 0.717) is 24.4 Å². The van der Waals surface area contributed by atoms with Gasteiger partial charge in [-0.05, 0) is 50.1 Å². The second kappa shape index (κ2) is 7.96. The molecule has 0 radical (unpaired) electrons. The molecule has 3 aromatic rings. The van der Waals surface area contributed by atoms with Gasteiger partial charge in [-0.15, -0.1) is 0 Å². The fourth-order valence-electron chi connectivity index (χ4n) is 3.41. The van der Waals surface area contributed by atoms with E-state index < -0.39 is 28.4 Å². The Kier molecular flexibility index (Phi) is 5.35. The van der Waals surface area contributed by atoms with Crippen LogP contribution in [0.1, 0.15) is 39.3 Å². The van der Waals surface area contributed by atoms with Crippen molar-refractivity contribution in [1.82, 2.24) is 18.9 Å². The second-order valence-corrected chi connectivity index (χ2v) is 8.92. The number of fused-ring (bicyclic) bond motifs is 1. The minimum atomic E-state index is -3.54. The Labute approximate surface area is 173 Å². The lowest BCUT2D eigenvalue weighted by Crippen LogP contribution is -2.27. The van der Waals surface area contributed by atoms with Gasteiger partial charge in [0.15, 0.2) is 18.0 Å². The molecule has 1 fully saturated rings. The molecular formula is C20H20N4O5S. The molecule has 0 bridgehead atoms. The summed E-state index contributed by atoms with van der Waals surface area (Å²) in [7, 11) is -3.54. The minimum Gasteiger partial charge on any atom is -0.454 e. The number of rotatable bonds is 6. The molecule has 4 rings (SSSR count). The van der Waals surface area contributed by atoms with E-state index in [-0.39, 0.29) is 16.0 Å². The van der Waals surface area contributed by atoms with E-state index in [9.17, 15) is 18.0 Å². The molecule has 0 atom stereocenters. The topological polar surface area (TPSA) is 111 Å². The van der Waals surface area contributed by atoms with Crippen molar-refractivity contribution < 1.29 is 22.7 Å². The number of esters is 1. The molecule has 9 nitrogen and oxygen atoms in total. The van der Waals surface area contributed by atoms with Crippen molar-refractivity contribution in [3.8, 4) is 0 Å². The zero-order valence-corrected chi connectivity index (χ0v) is 17.1. The van der Waals surface area contributed by atoms with Gasteiger partial charge in [-0.1, -0.05) is 0 Å². The van der Waals surface area contributed by atoms with Gasteiger partial charge in [-0.2, -0.15) is 9.40 Å². The maximum atomic E-state index is 12.6. The average molecular weight is 428 g/mol. The van der Waals surface area contributed by atoms with Crippen LogP contribution in [-0.4, -0.2) is 58.8 Å². The van der Waals surface area contributed by atoms with Crippen LogP contribution < -0.4 is 0 Å². The summed E-state index contributed by atoms with van der Waals surface area (Å²) in [6.45, 7) is 2.21. The molecule has 2 aromatic heterocycles. The first kappa shape index (κ1) is 20.2. The second-order valence-electron chi connectivity index (χ2n) is 6.98. The molecule has 30 heavy (non-hydrogen) atoms. The lowest BCUT2D eigenvalue weighted by atomic mass is 10.1. The molecule has 0 N–H and O–H groups in total. The number of hydrogen-bond donors (Lipinski definition) is 0. The third kappa shape index (κ3) is 3.71. The highest BCUT2D eigenvalue weighted by atomic mass is 32.2. The lowest BCUT2D eigenvalue weighted by molar-refractivity contribution is 0.0475. The molecule has 0 aliphatic carbocycles. The fourth-order valence-corrected chi connectivity index (χ4v) is 4.93. The SMILES string of the molecule is Cc1nn2cccnc2c1C(=O)OCC(=O)c1ccc(S(=O)(=O)N2CCCC2)cc1. The molecule has 0 amide bonds. The number of ether oxygens (including phenoxy) is 1. The Morgan fingerprint density at radius 2 is 1.83 bits per heavy atom. The van der Waals surface area contributed by atoms with Crippen LogP contribution in [0.25, 0.3) is 5.65 Å². The Hall–Kier alpha value is -3.11. The predicted octanol–water partition coefficient (Wildman–Crippen LogP) is 1.86. The standard InChI is InChI=1S/C20H20N4O5S/c1-14-18(19-21-9-4-12-24(19)22-14)20(26)29-13-17(25)15-5-7-16(8-6-15)30(27,28)23-10-2-3-11-23/h4-9,12H,2-3,10-11,13H2,1H3. The van der Waals surface area contributed by atoms with Crippen LogP contribution in [0.15, 0.2) is 47.6 Å². The summed E-state index contributed by atoms with van der Waals surface area (Å²) in [5, 5.41) is 4.19. The number of nitrogens with zero attached hydrogens (tertiary/aromatic N) is 4. The number of benzene rings is 1. The van der Waals surface area contributed by atoms with E-state index in [4.69, 9.17) is 4.74 Å². The van der Waals surface area contributed by atoms with Gasteiger partial charge in [0.25, 0.3) is 0 Å². The maximum absolute atomic E-state index is 12.6. The molecule has 1 aliphatic heterocycles. The molecule has 0 spiro atoms. The molecule has 1 saturated heterocycles. The van der Waals surface area contributed by atoms with Gasteiger partial charge in [-0.3, -0.25) is 4.79 Å². The third-order valence-electron chi connectivity index (χ3n) is 4.99. The van der Waals surface area contributed by atoms with Crippen molar-refractivity contribution in [2.24, 2.45) is 0 Å². The summed E-state index contributed by atoms with van der Waals surface area (Å²) in [6, 6.07) is 7.36. The quantitative estimate of drug-likeness (QED) is 0.435. The van der Waals surface area contributed by atoms with Gasteiger partial charge >= 0.3 is 5.97 Å². The summed E-state index contributed by atoms with van der Waals surface area (Å²) in [4.78, 5) is 29.1. The van der Waals surface area contributed by atoms with E-state index in [2.05, 4.69) is 10.1 Å². The number of hydrogen-bond acceptors (Lipinski definition) is 7. The smallest absolute Gasteiger partial charge is 0.344 e. The Morgan fingerprint density at radius 3 is 2.53 bits per heavy atom. The monoisotopic (exact) mass is 428 g/mol. The minimum absolute atomic E-state index is 0.144. The number of carbonyl (C=O) groups is 2. The third-order valence-corrected chi connectivity index (χ3v) is 6.90. The van der Waals surface area contributed by atoms with Crippen LogP contribution in [0.4, 0.5) is 0 Å². The Bertz CT molecular complexity index is 1210.